The van der Waals surface area contributed by atoms with Crippen LogP contribution in [-0.2, 0) is 4.79 Å². The van der Waals surface area contributed by atoms with Gasteiger partial charge in [0.2, 0.25) is 5.91 Å². The minimum atomic E-state index is 0.0724. The van der Waals surface area contributed by atoms with E-state index in [4.69, 9.17) is 10.5 Å². The lowest BCUT2D eigenvalue weighted by molar-refractivity contribution is -0.122. The number of carbonyl (C=O) groups is 1. The first kappa shape index (κ1) is 14.7. The van der Waals surface area contributed by atoms with Crippen molar-refractivity contribution in [3.8, 4) is 5.75 Å². The molecule has 0 heterocycles. The number of hydrogen-bond acceptors (Lipinski definition) is 3. The van der Waals surface area contributed by atoms with Gasteiger partial charge in [-0.2, -0.15) is 0 Å². The Hall–Kier alpha value is -1.71. The van der Waals surface area contributed by atoms with E-state index in [1.165, 1.54) is 6.42 Å². The van der Waals surface area contributed by atoms with Crippen LogP contribution in [0.15, 0.2) is 24.3 Å². The third-order valence-electron chi connectivity index (χ3n) is 3.81. The molecule has 4 heteroatoms. The Kier molecular flexibility index (Phi) is 4.53. The smallest absolute Gasteiger partial charge is 0.223 e. The molecular formula is C16H24N2O2. The number of carbonyl (C=O) groups excluding carboxylic acids is 1. The molecule has 20 heavy (non-hydrogen) atoms. The number of nitrogens with two attached hydrogens (primary N) is 1. The maximum atomic E-state index is 11.8. The van der Waals surface area contributed by atoms with E-state index in [1.807, 2.05) is 12.1 Å². The number of amides is 1. The molecule has 0 bridgehead atoms. The maximum absolute atomic E-state index is 11.8. The van der Waals surface area contributed by atoms with Crippen LogP contribution in [0.4, 0.5) is 5.69 Å². The van der Waals surface area contributed by atoms with Gasteiger partial charge in [0.25, 0.3) is 0 Å². The van der Waals surface area contributed by atoms with E-state index in [-0.39, 0.29) is 5.91 Å². The molecule has 1 atom stereocenters. The van der Waals surface area contributed by atoms with Gasteiger partial charge in [0.1, 0.15) is 5.75 Å². The molecule has 110 valence electrons. The largest absolute Gasteiger partial charge is 0.493 e. The molecule has 1 saturated carbocycles. The van der Waals surface area contributed by atoms with Gasteiger partial charge in [-0.1, -0.05) is 13.8 Å². The first-order chi connectivity index (χ1) is 9.44. The lowest BCUT2D eigenvalue weighted by Crippen LogP contribution is -2.34. The van der Waals surface area contributed by atoms with Gasteiger partial charge >= 0.3 is 0 Å². The summed E-state index contributed by atoms with van der Waals surface area (Å²) in [4.78, 5) is 11.8. The highest BCUT2D eigenvalue weighted by Gasteiger charge is 2.31. The Morgan fingerprint density at radius 2 is 2.10 bits per heavy atom. The summed E-state index contributed by atoms with van der Waals surface area (Å²) in [5, 5.41) is 3.09. The maximum Gasteiger partial charge on any atom is 0.223 e. The van der Waals surface area contributed by atoms with Crippen molar-refractivity contribution in [1.29, 1.82) is 0 Å². The summed E-state index contributed by atoms with van der Waals surface area (Å²) in [6, 6.07) is 7.53. The summed E-state index contributed by atoms with van der Waals surface area (Å²) in [5.41, 5.74) is 6.66. The summed E-state index contributed by atoms with van der Waals surface area (Å²) >= 11 is 0. The first-order valence-electron chi connectivity index (χ1n) is 7.22. The average molecular weight is 276 g/mol. The van der Waals surface area contributed by atoms with Gasteiger partial charge in [-0.15, -0.1) is 0 Å². The fourth-order valence-electron chi connectivity index (χ4n) is 2.68. The van der Waals surface area contributed by atoms with Crippen molar-refractivity contribution in [1.82, 2.24) is 5.32 Å². The Labute approximate surface area is 120 Å². The first-order valence-corrected chi connectivity index (χ1v) is 7.22. The van der Waals surface area contributed by atoms with E-state index in [0.717, 1.165) is 18.6 Å². The zero-order valence-electron chi connectivity index (χ0n) is 12.3. The normalized spacial score (nSPS) is 20.6. The van der Waals surface area contributed by atoms with Crippen molar-refractivity contribution in [2.45, 2.75) is 45.6 Å². The van der Waals surface area contributed by atoms with Gasteiger partial charge < -0.3 is 15.8 Å². The number of hydrogen-bond donors (Lipinski definition) is 2. The Morgan fingerprint density at radius 1 is 1.40 bits per heavy atom. The van der Waals surface area contributed by atoms with E-state index in [1.54, 1.807) is 12.1 Å². The number of benzene rings is 1. The highest BCUT2D eigenvalue weighted by molar-refractivity contribution is 5.76. The van der Waals surface area contributed by atoms with Crippen molar-refractivity contribution >= 4 is 11.6 Å². The standard InChI is InChI=1S/C16H24N2O2/c1-16(2)9-7-13(11-16)18-15(19)8-10-20-14-5-3-12(17)4-6-14/h3-6,13H,7-11,17H2,1-2H3,(H,18,19). The molecule has 2 rings (SSSR count). The summed E-state index contributed by atoms with van der Waals surface area (Å²) in [5.74, 6) is 0.817. The van der Waals surface area contributed by atoms with E-state index >= 15 is 0 Å². The molecule has 1 aliphatic carbocycles. The quantitative estimate of drug-likeness (QED) is 0.813. The third-order valence-corrected chi connectivity index (χ3v) is 3.81. The summed E-state index contributed by atoms with van der Waals surface area (Å²) in [6.45, 7) is 4.90. The van der Waals surface area contributed by atoms with Gasteiger partial charge in [-0.3, -0.25) is 4.79 Å². The van der Waals surface area contributed by atoms with Gasteiger partial charge in [0.05, 0.1) is 13.0 Å². The number of ether oxygens (including phenoxy) is 1. The lowest BCUT2D eigenvalue weighted by Gasteiger charge is -2.17. The molecule has 0 aliphatic heterocycles. The number of nitrogen functional groups attached to an aromatic ring is 1. The van der Waals surface area contributed by atoms with Crippen molar-refractivity contribution in [2.75, 3.05) is 12.3 Å². The number of nitrogens with one attached hydrogen (secondary N) is 1. The molecule has 1 aromatic rings. The molecule has 0 spiro atoms. The van der Waals surface area contributed by atoms with Crippen molar-refractivity contribution in [2.24, 2.45) is 5.41 Å². The van der Waals surface area contributed by atoms with Crippen molar-refractivity contribution < 1.29 is 9.53 Å². The highest BCUT2D eigenvalue weighted by atomic mass is 16.5. The molecule has 1 aliphatic rings. The van der Waals surface area contributed by atoms with Gasteiger partial charge in [-0.25, -0.2) is 0 Å². The molecule has 0 saturated heterocycles. The van der Waals surface area contributed by atoms with Crippen LogP contribution in [-0.4, -0.2) is 18.6 Å². The fourth-order valence-corrected chi connectivity index (χ4v) is 2.68. The molecule has 1 unspecified atom stereocenters. The van der Waals surface area contributed by atoms with Gasteiger partial charge in [-0.05, 0) is 48.9 Å². The highest BCUT2D eigenvalue weighted by Crippen LogP contribution is 2.36. The van der Waals surface area contributed by atoms with Crippen LogP contribution in [0.25, 0.3) is 0 Å². The third kappa shape index (κ3) is 4.44. The molecule has 1 amide bonds. The second-order valence-electron chi connectivity index (χ2n) is 6.34. The van der Waals surface area contributed by atoms with E-state index < -0.39 is 0 Å². The topological polar surface area (TPSA) is 64.3 Å². The number of rotatable bonds is 5. The summed E-state index contributed by atoms with van der Waals surface area (Å²) in [6.07, 6.45) is 3.72. The van der Waals surface area contributed by atoms with E-state index in [0.29, 0.717) is 30.2 Å². The Balaban J connectivity index is 1.67. The van der Waals surface area contributed by atoms with Crippen molar-refractivity contribution in [3.63, 3.8) is 0 Å². The molecule has 0 aromatic heterocycles. The predicted octanol–water partition coefficient (Wildman–Crippen LogP) is 2.73. The monoisotopic (exact) mass is 276 g/mol. The fraction of sp³-hybridized carbons (Fsp3) is 0.562. The van der Waals surface area contributed by atoms with Crippen LogP contribution < -0.4 is 15.8 Å². The lowest BCUT2D eigenvalue weighted by atomic mass is 9.92. The second-order valence-corrected chi connectivity index (χ2v) is 6.34. The van der Waals surface area contributed by atoms with E-state index in [2.05, 4.69) is 19.2 Å². The van der Waals surface area contributed by atoms with Crippen molar-refractivity contribution in [3.05, 3.63) is 24.3 Å². The zero-order valence-corrected chi connectivity index (χ0v) is 12.3. The van der Waals surface area contributed by atoms with Crippen LogP contribution in [0, 0.1) is 5.41 Å². The Morgan fingerprint density at radius 3 is 2.70 bits per heavy atom. The molecule has 0 radical (unpaired) electrons. The van der Waals surface area contributed by atoms with Crippen LogP contribution in [0.5, 0.6) is 5.75 Å². The minimum absolute atomic E-state index is 0.0724. The zero-order chi connectivity index (χ0) is 14.6. The molecule has 4 nitrogen and oxygen atoms in total. The molecular weight excluding hydrogens is 252 g/mol. The van der Waals surface area contributed by atoms with Crippen LogP contribution in [0.2, 0.25) is 0 Å². The van der Waals surface area contributed by atoms with Crippen LogP contribution in [0.3, 0.4) is 0 Å². The number of anilines is 1. The average Bonchev–Trinajstić information content (AvgIpc) is 2.71. The van der Waals surface area contributed by atoms with Crippen LogP contribution >= 0.6 is 0 Å². The second kappa shape index (κ2) is 6.16. The molecule has 1 fully saturated rings. The van der Waals surface area contributed by atoms with Gasteiger partial charge in [0, 0.05) is 11.7 Å². The molecule has 1 aromatic carbocycles. The predicted molar refractivity (Wildman–Crippen MR) is 80.5 cm³/mol. The summed E-state index contributed by atoms with van der Waals surface area (Å²) < 4.78 is 5.52. The van der Waals surface area contributed by atoms with Gasteiger partial charge in [0.15, 0.2) is 0 Å². The SMILES string of the molecule is CC1(C)CCC(NC(=O)CCOc2ccc(N)cc2)C1. The van der Waals surface area contributed by atoms with Crippen LogP contribution in [0.1, 0.15) is 39.5 Å². The minimum Gasteiger partial charge on any atom is -0.493 e. The van der Waals surface area contributed by atoms with E-state index in [9.17, 15) is 4.79 Å². The Bertz CT molecular complexity index is 454. The molecule has 3 N–H and O–H groups in total. The summed E-state index contributed by atoms with van der Waals surface area (Å²) in [7, 11) is 0.